The quantitative estimate of drug-likeness (QED) is 0.908. The zero-order chi connectivity index (χ0) is 13.3. The molecule has 1 N–H and O–H groups in total. The number of benzene rings is 1. The highest BCUT2D eigenvalue weighted by Gasteiger charge is 2.23. The van der Waals surface area contributed by atoms with Crippen LogP contribution >= 0.6 is 0 Å². The van der Waals surface area contributed by atoms with Gasteiger partial charge in [0.15, 0.2) is 0 Å². The molecule has 5 heteroatoms. The third kappa shape index (κ3) is 2.52. The molecular formula is C13H20N2O2S. The van der Waals surface area contributed by atoms with E-state index in [0.717, 1.165) is 24.2 Å². The van der Waals surface area contributed by atoms with Crippen molar-refractivity contribution in [1.29, 1.82) is 0 Å². The first-order valence-corrected chi connectivity index (χ1v) is 7.68. The zero-order valence-electron chi connectivity index (χ0n) is 11.1. The smallest absolute Gasteiger partial charge is 0.242 e. The van der Waals surface area contributed by atoms with Gasteiger partial charge in [0.25, 0.3) is 0 Å². The Hall–Kier alpha value is -1.07. The van der Waals surface area contributed by atoms with Crippen LogP contribution in [0.4, 0.5) is 5.69 Å². The lowest BCUT2D eigenvalue weighted by Gasteiger charge is -2.19. The molecule has 0 amide bonds. The SMILES string of the molecule is CC(C)CN(C)S(=O)(=O)c1ccc2c(c1)CCN2. The summed E-state index contributed by atoms with van der Waals surface area (Å²) < 4.78 is 26.2. The van der Waals surface area contributed by atoms with Gasteiger partial charge in [-0.1, -0.05) is 13.8 Å². The summed E-state index contributed by atoms with van der Waals surface area (Å²) in [7, 11) is -1.71. The van der Waals surface area contributed by atoms with Gasteiger partial charge in [0, 0.05) is 25.8 Å². The molecule has 0 atom stereocenters. The minimum atomic E-state index is -3.35. The van der Waals surface area contributed by atoms with Crippen LogP contribution in [0, 0.1) is 5.92 Å². The molecule has 18 heavy (non-hydrogen) atoms. The largest absolute Gasteiger partial charge is 0.384 e. The summed E-state index contributed by atoms with van der Waals surface area (Å²) in [6.45, 7) is 5.45. The Balaban J connectivity index is 2.30. The van der Waals surface area contributed by atoms with Gasteiger partial charge in [-0.3, -0.25) is 0 Å². The maximum absolute atomic E-state index is 12.4. The fourth-order valence-electron chi connectivity index (χ4n) is 2.23. The van der Waals surface area contributed by atoms with Gasteiger partial charge in [0.1, 0.15) is 0 Å². The Bertz CT molecular complexity index is 538. The van der Waals surface area contributed by atoms with Crippen LogP contribution in [0.25, 0.3) is 0 Å². The topological polar surface area (TPSA) is 49.4 Å². The number of nitrogens with one attached hydrogen (secondary N) is 1. The molecule has 1 heterocycles. The van der Waals surface area contributed by atoms with E-state index in [-0.39, 0.29) is 0 Å². The normalized spacial score (nSPS) is 14.9. The van der Waals surface area contributed by atoms with Crippen molar-refractivity contribution in [2.45, 2.75) is 25.2 Å². The zero-order valence-corrected chi connectivity index (χ0v) is 11.9. The lowest BCUT2D eigenvalue weighted by atomic mass is 10.2. The summed E-state index contributed by atoms with van der Waals surface area (Å²) in [5.74, 6) is 0.320. The molecule has 0 spiro atoms. The standard InChI is InChI=1S/C13H20N2O2S/c1-10(2)9-15(3)18(16,17)12-4-5-13-11(8-12)6-7-14-13/h4-5,8,10,14H,6-7,9H2,1-3H3. The molecule has 0 unspecified atom stereocenters. The number of hydrogen-bond acceptors (Lipinski definition) is 3. The Kier molecular flexibility index (Phi) is 3.64. The van der Waals surface area contributed by atoms with Crippen molar-refractivity contribution in [1.82, 2.24) is 4.31 Å². The van der Waals surface area contributed by atoms with Gasteiger partial charge in [-0.05, 0) is 36.1 Å². The van der Waals surface area contributed by atoms with Crippen LogP contribution in [0.5, 0.6) is 0 Å². The molecule has 0 saturated carbocycles. The molecule has 0 aromatic heterocycles. The van der Waals surface area contributed by atoms with Crippen molar-refractivity contribution >= 4 is 15.7 Å². The molecule has 0 bridgehead atoms. The maximum Gasteiger partial charge on any atom is 0.242 e. The van der Waals surface area contributed by atoms with Gasteiger partial charge in [0.05, 0.1) is 4.90 Å². The van der Waals surface area contributed by atoms with E-state index in [0.29, 0.717) is 17.4 Å². The van der Waals surface area contributed by atoms with Gasteiger partial charge >= 0.3 is 0 Å². The van der Waals surface area contributed by atoms with E-state index in [1.807, 2.05) is 19.9 Å². The van der Waals surface area contributed by atoms with Crippen molar-refractivity contribution in [3.8, 4) is 0 Å². The summed E-state index contributed by atoms with van der Waals surface area (Å²) >= 11 is 0. The number of nitrogens with zero attached hydrogens (tertiary/aromatic N) is 1. The van der Waals surface area contributed by atoms with Crippen LogP contribution < -0.4 is 5.32 Å². The van der Waals surface area contributed by atoms with Gasteiger partial charge < -0.3 is 5.32 Å². The van der Waals surface area contributed by atoms with E-state index < -0.39 is 10.0 Å². The molecule has 0 fully saturated rings. The van der Waals surface area contributed by atoms with Crippen molar-refractivity contribution in [3.63, 3.8) is 0 Å². The van der Waals surface area contributed by atoms with Crippen LogP contribution in [-0.2, 0) is 16.4 Å². The number of sulfonamides is 1. The maximum atomic E-state index is 12.4. The minimum Gasteiger partial charge on any atom is -0.384 e. The molecule has 2 rings (SSSR count). The average Bonchev–Trinajstić information content (AvgIpc) is 2.74. The summed E-state index contributed by atoms with van der Waals surface area (Å²) in [6, 6.07) is 5.34. The molecule has 1 aliphatic heterocycles. The van der Waals surface area contributed by atoms with E-state index >= 15 is 0 Å². The second-order valence-corrected chi connectivity index (χ2v) is 7.22. The highest BCUT2D eigenvalue weighted by molar-refractivity contribution is 7.89. The predicted molar refractivity (Wildman–Crippen MR) is 73.3 cm³/mol. The van der Waals surface area contributed by atoms with Crippen LogP contribution in [0.15, 0.2) is 23.1 Å². The van der Waals surface area contributed by atoms with Gasteiger partial charge in [-0.2, -0.15) is 0 Å². The Morgan fingerprint density at radius 2 is 2.11 bits per heavy atom. The average molecular weight is 268 g/mol. The highest BCUT2D eigenvalue weighted by Crippen LogP contribution is 2.26. The first-order valence-electron chi connectivity index (χ1n) is 6.24. The molecule has 1 aromatic carbocycles. The number of hydrogen-bond donors (Lipinski definition) is 1. The van der Waals surface area contributed by atoms with E-state index in [1.54, 1.807) is 19.2 Å². The predicted octanol–water partition coefficient (Wildman–Crippen LogP) is 1.93. The van der Waals surface area contributed by atoms with Crippen LogP contribution in [-0.4, -0.2) is 32.9 Å². The molecule has 0 aliphatic carbocycles. The number of anilines is 1. The van der Waals surface area contributed by atoms with Crippen molar-refractivity contribution in [3.05, 3.63) is 23.8 Å². The Morgan fingerprint density at radius 1 is 1.39 bits per heavy atom. The van der Waals surface area contributed by atoms with Crippen molar-refractivity contribution in [2.24, 2.45) is 5.92 Å². The van der Waals surface area contributed by atoms with Gasteiger partial charge in [-0.25, -0.2) is 12.7 Å². The molecule has 1 aliphatic rings. The summed E-state index contributed by atoms with van der Waals surface area (Å²) in [5, 5.41) is 3.23. The van der Waals surface area contributed by atoms with Gasteiger partial charge in [0.2, 0.25) is 10.0 Å². The molecular weight excluding hydrogens is 248 g/mol. The summed E-state index contributed by atoms with van der Waals surface area (Å²) in [6.07, 6.45) is 0.895. The van der Waals surface area contributed by atoms with Crippen LogP contribution in [0.2, 0.25) is 0 Å². The molecule has 0 saturated heterocycles. The Morgan fingerprint density at radius 3 is 2.78 bits per heavy atom. The number of fused-ring (bicyclic) bond motifs is 1. The fourth-order valence-corrected chi connectivity index (χ4v) is 3.62. The van der Waals surface area contributed by atoms with E-state index in [1.165, 1.54) is 4.31 Å². The lowest BCUT2D eigenvalue weighted by Crippen LogP contribution is -2.30. The summed E-state index contributed by atoms with van der Waals surface area (Å²) in [5.41, 5.74) is 2.15. The van der Waals surface area contributed by atoms with Crippen molar-refractivity contribution < 1.29 is 8.42 Å². The van der Waals surface area contributed by atoms with Crippen molar-refractivity contribution in [2.75, 3.05) is 25.5 Å². The molecule has 1 aromatic rings. The molecule has 100 valence electrons. The monoisotopic (exact) mass is 268 g/mol. The minimum absolute atomic E-state index is 0.320. The second kappa shape index (κ2) is 4.90. The third-order valence-electron chi connectivity index (χ3n) is 3.12. The fraction of sp³-hybridized carbons (Fsp3) is 0.538. The van der Waals surface area contributed by atoms with Gasteiger partial charge in [-0.15, -0.1) is 0 Å². The first-order chi connectivity index (χ1) is 8.41. The highest BCUT2D eigenvalue weighted by atomic mass is 32.2. The Labute approximate surface area is 109 Å². The lowest BCUT2D eigenvalue weighted by molar-refractivity contribution is 0.417. The number of rotatable bonds is 4. The second-order valence-electron chi connectivity index (χ2n) is 5.18. The van der Waals surface area contributed by atoms with Crippen LogP contribution in [0.1, 0.15) is 19.4 Å². The van der Waals surface area contributed by atoms with Crippen LogP contribution in [0.3, 0.4) is 0 Å². The third-order valence-corrected chi connectivity index (χ3v) is 4.94. The first kappa shape index (κ1) is 13.4. The van der Waals surface area contributed by atoms with E-state index in [4.69, 9.17) is 0 Å². The van der Waals surface area contributed by atoms with E-state index in [2.05, 4.69) is 5.32 Å². The molecule has 0 radical (unpaired) electrons. The molecule has 4 nitrogen and oxygen atoms in total. The summed E-state index contributed by atoms with van der Waals surface area (Å²) in [4.78, 5) is 0.396. The van der Waals surface area contributed by atoms with E-state index in [9.17, 15) is 8.42 Å².